The van der Waals surface area contributed by atoms with Gasteiger partial charge in [0, 0.05) is 24.2 Å². The zero-order chi connectivity index (χ0) is 12.8. The fraction of sp³-hybridized carbons (Fsp3) is 0.308. The molecule has 0 aliphatic carbocycles. The van der Waals surface area contributed by atoms with Gasteiger partial charge in [0.15, 0.2) is 5.76 Å². The molecule has 0 atom stereocenters. The van der Waals surface area contributed by atoms with E-state index in [1.54, 1.807) is 13.3 Å². The standard InChI is InChI=1S/C13H15ClN2O2/c1-17-7-6-15-9-13-16-8-12(18-13)10-2-4-11(14)5-3-10/h2-5,8,15H,6-7,9H2,1H3. The normalized spacial score (nSPS) is 10.8. The van der Waals surface area contributed by atoms with Crippen LogP contribution >= 0.6 is 11.6 Å². The first kappa shape index (κ1) is 13.1. The van der Waals surface area contributed by atoms with Gasteiger partial charge in [0.05, 0.1) is 19.3 Å². The third kappa shape index (κ3) is 3.57. The van der Waals surface area contributed by atoms with Gasteiger partial charge in [-0.25, -0.2) is 4.98 Å². The minimum Gasteiger partial charge on any atom is -0.439 e. The van der Waals surface area contributed by atoms with E-state index in [1.165, 1.54) is 0 Å². The van der Waals surface area contributed by atoms with E-state index in [4.69, 9.17) is 20.8 Å². The van der Waals surface area contributed by atoms with Crippen LogP contribution in [0.3, 0.4) is 0 Å². The van der Waals surface area contributed by atoms with Crippen molar-refractivity contribution in [3.63, 3.8) is 0 Å². The van der Waals surface area contributed by atoms with E-state index in [0.717, 1.165) is 17.9 Å². The molecule has 0 fully saturated rings. The first-order valence-electron chi connectivity index (χ1n) is 5.70. The van der Waals surface area contributed by atoms with E-state index in [0.29, 0.717) is 24.1 Å². The van der Waals surface area contributed by atoms with Crippen LogP contribution in [0.2, 0.25) is 5.02 Å². The Morgan fingerprint density at radius 3 is 2.83 bits per heavy atom. The van der Waals surface area contributed by atoms with E-state index < -0.39 is 0 Å². The maximum Gasteiger partial charge on any atom is 0.208 e. The first-order valence-corrected chi connectivity index (χ1v) is 6.07. The summed E-state index contributed by atoms with van der Waals surface area (Å²) < 4.78 is 10.6. The molecule has 0 aliphatic heterocycles. The number of methoxy groups -OCH3 is 1. The molecule has 5 heteroatoms. The summed E-state index contributed by atoms with van der Waals surface area (Å²) in [7, 11) is 1.67. The zero-order valence-electron chi connectivity index (χ0n) is 10.1. The molecule has 1 heterocycles. The number of nitrogens with zero attached hydrogens (tertiary/aromatic N) is 1. The Labute approximate surface area is 111 Å². The molecule has 0 unspecified atom stereocenters. The fourth-order valence-corrected chi connectivity index (χ4v) is 1.64. The van der Waals surface area contributed by atoms with Gasteiger partial charge in [-0.1, -0.05) is 11.6 Å². The van der Waals surface area contributed by atoms with Crippen molar-refractivity contribution in [2.24, 2.45) is 0 Å². The summed E-state index contributed by atoms with van der Waals surface area (Å²) in [5.41, 5.74) is 0.968. The van der Waals surface area contributed by atoms with E-state index >= 15 is 0 Å². The molecule has 0 spiro atoms. The molecule has 1 aromatic heterocycles. The van der Waals surface area contributed by atoms with Gasteiger partial charge in [0.2, 0.25) is 5.89 Å². The lowest BCUT2D eigenvalue weighted by molar-refractivity contribution is 0.198. The summed E-state index contributed by atoms with van der Waals surface area (Å²) in [6.07, 6.45) is 1.72. The maximum absolute atomic E-state index is 5.83. The van der Waals surface area contributed by atoms with Gasteiger partial charge in [-0.05, 0) is 24.3 Å². The van der Waals surface area contributed by atoms with E-state index in [2.05, 4.69) is 10.3 Å². The topological polar surface area (TPSA) is 47.3 Å². The highest BCUT2D eigenvalue weighted by atomic mass is 35.5. The van der Waals surface area contributed by atoms with Gasteiger partial charge in [0.1, 0.15) is 0 Å². The number of oxazole rings is 1. The van der Waals surface area contributed by atoms with Gasteiger partial charge in [0.25, 0.3) is 0 Å². The Kier molecular flexibility index (Phi) is 4.75. The van der Waals surface area contributed by atoms with E-state index in [9.17, 15) is 0 Å². The molecular weight excluding hydrogens is 252 g/mol. The molecular formula is C13H15ClN2O2. The van der Waals surface area contributed by atoms with Crippen LogP contribution in [0.25, 0.3) is 11.3 Å². The lowest BCUT2D eigenvalue weighted by Gasteiger charge is -2.00. The Morgan fingerprint density at radius 1 is 1.33 bits per heavy atom. The molecule has 2 rings (SSSR count). The molecule has 1 aromatic carbocycles. The molecule has 0 radical (unpaired) electrons. The van der Waals surface area contributed by atoms with E-state index in [-0.39, 0.29) is 0 Å². The quantitative estimate of drug-likeness (QED) is 0.817. The number of hydrogen-bond acceptors (Lipinski definition) is 4. The highest BCUT2D eigenvalue weighted by Gasteiger charge is 2.05. The third-order valence-corrected chi connectivity index (χ3v) is 2.69. The third-order valence-electron chi connectivity index (χ3n) is 2.44. The molecule has 1 N–H and O–H groups in total. The zero-order valence-corrected chi connectivity index (χ0v) is 10.9. The molecule has 0 saturated heterocycles. The Bertz CT molecular complexity index is 482. The van der Waals surface area contributed by atoms with Gasteiger partial charge in [-0.15, -0.1) is 0 Å². The van der Waals surface area contributed by atoms with Crippen LogP contribution < -0.4 is 5.32 Å². The SMILES string of the molecule is COCCNCc1ncc(-c2ccc(Cl)cc2)o1. The predicted molar refractivity (Wildman–Crippen MR) is 70.5 cm³/mol. The van der Waals surface area contributed by atoms with E-state index in [1.807, 2.05) is 24.3 Å². The summed E-state index contributed by atoms with van der Waals surface area (Å²) >= 11 is 5.83. The lowest BCUT2D eigenvalue weighted by atomic mass is 10.2. The van der Waals surface area contributed by atoms with Crippen molar-refractivity contribution in [2.75, 3.05) is 20.3 Å². The van der Waals surface area contributed by atoms with Gasteiger partial charge in [-0.3, -0.25) is 0 Å². The van der Waals surface area contributed by atoms with Crippen LogP contribution in [0.1, 0.15) is 5.89 Å². The highest BCUT2D eigenvalue weighted by molar-refractivity contribution is 6.30. The highest BCUT2D eigenvalue weighted by Crippen LogP contribution is 2.22. The van der Waals surface area contributed by atoms with Crippen LogP contribution in [0.4, 0.5) is 0 Å². The van der Waals surface area contributed by atoms with Crippen molar-refractivity contribution in [1.29, 1.82) is 0 Å². The number of benzene rings is 1. The fourth-order valence-electron chi connectivity index (χ4n) is 1.51. The number of ether oxygens (including phenoxy) is 1. The second-order valence-corrected chi connectivity index (χ2v) is 4.23. The average molecular weight is 267 g/mol. The maximum atomic E-state index is 5.83. The lowest BCUT2D eigenvalue weighted by Crippen LogP contribution is -2.18. The molecule has 0 bridgehead atoms. The summed E-state index contributed by atoms with van der Waals surface area (Å²) in [4.78, 5) is 4.21. The summed E-state index contributed by atoms with van der Waals surface area (Å²) in [5, 5.41) is 3.88. The Morgan fingerprint density at radius 2 is 2.11 bits per heavy atom. The van der Waals surface area contributed by atoms with Gasteiger partial charge in [-0.2, -0.15) is 0 Å². The van der Waals surface area contributed by atoms with Crippen molar-refractivity contribution in [3.05, 3.63) is 41.4 Å². The van der Waals surface area contributed by atoms with Crippen LogP contribution in [0, 0.1) is 0 Å². The summed E-state index contributed by atoms with van der Waals surface area (Å²) in [6.45, 7) is 2.04. The molecule has 0 amide bonds. The van der Waals surface area contributed by atoms with Gasteiger partial charge >= 0.3 is 0 Å². The Balaban J connectivity index is 1.95. The number of halogens is 1. The minimum absolute atomic E-state index is 0.594. The van der Waals surface area contributed by atoms with Crippen molar-refractivity contribution in [1.82, 2.24) is 10.3 Å². The van der Waals surface area contributed by atoms with Gasteiger partial charge < -0.3 is 14.5 Å². The van der Waals surface area contributed by atoms with Crippen LogP contribution in [0.15, 0.2) is 34.9 Å². The number of aromatic nitrogens is 1. The Hall–Kier alpha value is -1.36. The monoisotopic (exact) mass is 266 g/mol. The molecule has 0 aliphatic rings. The first-order chi connectivity index (χ1) is 8.79. The largest absolute Gasteiger partial charge is 0.439 e. The van der Waals surface area contributed by atoms with Crippen molar-refractivity contribution < 1.29 is 9.15 Å². The summed E-state index contributed by atoms with van der Waals surface area (Å²) in [5.74, 6) is 1.41. The molecule has 96 valence electrons. The minimum atomic E-state index is 0.594. The molecule has 4 nitrogen and oxygen atoms in total. The van der Waals surface area contributed by atoms with Crippen molar-refractivity contribution in [2.45, 2.75) is 6.54 Å². The van der Waals surface area contributed by atoms with Crippen molar-refractivity contribution in [3.8, 4) is 11.3 Å². The number of rotatable bonds is 6. The van der Waals surface area contributed by atoms with Crippen LogP contribution in [-0.4, -0.2) is 25.2 Å². The second kappa shape index (κ2) is 6.54. The molecule has 2 aromatic rings. The van der Waals surface area contributed by atoms with Crippen molar-refractivity contribution >= 4 is 11.6 Å². The predicted octanol–water partition coefficient (Wildman–Crippen LogP) is 2.73. The summed E-state index contributed by atoms with van der Waals surface area (Å²) in [6, 6.07) is 7.47. The number of nitrogens with one attached hydrogen (secondary N) is 1. The van der Waals surface area contributed by atoms with Crippen LogP contribution in [0.5, 0.6) is 0 Å². The molecule has 0 saturated carbocycles. The smallest absolute Gasteiger partial charge is 0.208 e. The average Bonchev–Trinajstić information content (AvgIpc) is 2.84. The van der Waals surface area contributed by atoms with Crippen LogP contribution in [-0.2, 0) is 11.3 Å². The molecule has 18 heavy (non-hydrogen) atoms. The number of hydrogen-bond donors (Lipinski definition) is 1. The second-order valence-electron chi connectivity index (χ2n) is 3.79.